The number of nitrogens with one attached hydrogen (secondary N) is 1. The molecule has 0 aliphatic heterocycles. The number of hydrogen-bond donors (Lipinski definition) is 1. The summed E-state index contributed by atoms with van der Waals surface area (Å²) >= 11 is 0. The third-order valence-electron chi connectivity index (χ3n) is 4.93. The van der Waals surface area contributed by atoms with Crippen molar-refractivity contribution in [3.63, 3.8) is 0 Å². The Balaban J connectivity index is 1.73. The van der Waals surface area contributed by atoms with E-state index < -0.39 is 20.9 Å². The highest BCUT2D eigenvalue weighted by Gasteiger charge is 2.45. The van der Waals surface area contributed by atoms with Gasteiger partial charge in [-0.05, 0) is 37.3 Å². The summed E-state index contributed by atoms with van der Waals surface area (Å²) in [6.07, 6.45) is 0.682. The van der Waals surface area contributed by atoms with Gasteiger partial charge in [-0.15, -0.1) is 0 Å². The van der Waals surface area contributed by atoms with Gasteiger partial charge in [-0.25, -0.2) is 18.1 Å². The summed E-state index contributed by atoms with van der Waals surface area (Å²) in [5, 5.41) is 0. The maximum atomic E-state index is 12.8. The Bertz CT molecular complexity index is 1160. The zero-order valence-corrected chi connectivity index (χ0v) is 16.5. The average Bonchev–Trinajstić information content (AvgIpc) is 3.04. The van der Waals surface area contributed by atoms with E-state index in [1.54, 1.807) is 20.6 Å². The molecule has 11 heteroatoms. The number of aromatic nitrogens is 3. The number of hydrogen-bond acceptors (Lipinski definition) is 4. The molecule has 3 rings (SSSR count). The van der Waals surface area contributed by atoms with Gasteiger partial charge >= 0.3 is 15.5 Å². The number of rotatable bonds is 7. The van der Waals surface area contributed by atoms with Crippen LogP contribution in [-0.2, 0) is 16.6 Å². The molecule has 3 aromatic rings. The molecule has 1 N–H and O–H groups in total. The molecule has 0 fully saturated rings. The largest absolute Gasteiger partial charge is 0.511 e. The molecule has 0 amide bonds. The average molecular weight is 418 g/mol. The van der Waals surface area contributed by atoms with Crippen molar-refractivity contribution in [3.05, 3.63) is 34.2 Å². The summed E-state index contributed by atoms with van der Waals surface area (Å²) in [6, 6.07) is 5.43. The molecule has 0 saturated carbocycles. The van der Waals surface area contributed by atoms with E-state index in [4.69, 9.17) is 0 Å². The van der Waals surface area contributed by atoms with Gasteiger partial charge in [-0.2, -0.15) is 13.2 Å². The topological polar surface area (TPSA) is 85.5 Å². The van der Waals surface area contributed by atoms with Crippen LogP contribution in [0.4, 0.5) is 13.2 Å². The summed E-state index contributed by atoms with van der Waals surface area (Å²) < 4.78 is 64.3. The van der Waals surface area contributed by atoms with Gasteiger partial charge in [0.25, 0.3) is 5.56 Å². The maximum Gasteiger partial charge on any atom is 0.511 e. The zero-order valence-electron chi connectivity index (χ0n) is 15.7. The number of halogens is 3. The summed E-state index contributed by atoms with van der Waals surface area (Å²) in [5.74, 6) is 0. The molecular formula is C17H21F3N4O3S. The fourth-order valence-electron chi connectivity index (χ4n) is 3.24. The third-order valence-corrected chi connectivity index (χ3v) is 6.13. The predicted molar refractivity (Wildman–Crippen MR) is 98.9 cm³/mol. The van der Waals surface area contributed by atoms with Crippen LogP contribution in [0.1, 0.15) is 32.4 Å². The molecule has 0 aromatic carbocycles. The van der Waals surface area contributed by atoms with Gasteiger partial charge in [0.1, 0.15) is 16.8 Å². The van der Waals surface area contributed by atoms with Crippen LogP contribution >= 0.6 is 0 Å². The van der Waals surface area contributed by atoms with Crippen LogP contribution in [0.25, 0.3) is 16.8 Å². The van der Waals surface area contributed by atoms with Crippen molar-refractivity contribution >= 4 is 26.8 Å². The van der Waals surface area contributed by atoms with Crippen molar-refractivity contribution in [3.8, 4) is 0 Å². The molecule has 154 valence electrons. The highest BCUT2D eigenvalue weighted by atomic mass is 32.2. The lowest BCUT2D eigenvalue weighted by molar-refractivity contribution is -0.0448. The van der Waals surface area contributed by atoms with Crippen LogP contribution in [0.3, 0.4) is 0 Å². The van der Waals surface area contributed by atoms with Gasteiger partial charge in [0.15, 0.2) is 0 Å². The molecule has 0 spiro atoms. The Morgan fingerprint density at radius 2 is 1.86 bits per heavy atom. The van der Waals surface area contributed by atoms with Crippen molar-refractivity contribution in [1.29, 1.82) is 0 Å². The molecule has 3 heterocycles. The molecule has 3 aromatic heterocycles. The second-order valence-corrected chi connectivity index (χ2v) is 9.35. The Kier molecular flexibility index (Phi) is 4.95. The fourth-order valence-corrected chi connectivity index (χ4v) is 3.78. The molecule has 7 nitrogen and oxygen atoms in total. The summed E-state index contributed by atoms with van der Waals surface area (Å²) in [5.41, 5.74) is -3.43. The van der Waals surface area contributed by atoms with E-state index >= 15 is 0 Å². The van der Waals surface area contributed by atoms with Gasteiger partial charge in [-0.1, -0.05) is 19.9 Å². The Hall–Kier alpha value is -2.14. The minimum atomic E-state index is -5.34. The van der Waals surface area contributed by atoms with Crippen LogP contribution in [-0.4, -0.2) is 34.4 Å². The van der Waals surface area contributed by atoms with Crippen molar-refractivity contribution in [2.24, 2.45) is 5.41 Å². The maximum absolute atomic E-state index is 12.8. The molecule has 0 aliphatic rings. The van der Waals surface area contributed by atoms with Gasteiger partial charge < -0.3 is 0 Å². The highest BCUT2D eigenvalue weighted by molar-refractivity contribution is 7.90. The number of aryl methyl sites for hydroxylation is 2. The minimum absolute atomic E-state index is 0.167. The van der Waals surface area contributed by atoms with E-state index in [1.807, 2.05) is 32.0 Å². The Labute approximate surface area is 159 Å². The number of pyridine rings is 1. The van der Waals surface area contributed by atoms with Crippen molar-refractivity contribution in [2.75, 3.05) is 6.54 Å². The molecule has 0 saturated heterocycles. The fraction of sp³-hybridized carbons (Fsp3) is 0.529. The van der Waals surface area contributed by atoms with Crippen molar-refractivity contribution in [2.45, 2.75) is 45.7 Å². The van der Waals surface area contributed by atoms with Crippen LogP contribution in [0.15, 0.2) is 23.0 Å². The SMILES string of the molecule is Cc1nc2cccc3n(CCC(C)(C)CCNS(=O)(=O)C(F)(F)F)c(=O)c1n23. The van der Waals surface area contributed by atoms with E-state index in [-0.39, 0.29) is 18.5 Å². The highest BCUT2D eigenvalue weighted by Crippen LogP contribution is 2.27. The van der Waals surface area contributed by atoms with Gasteiger partial charge in [0, 0.05) is 13.1 Å². The van der Waals surface area contributed by atoms with E-state index in [0.717, 1.165) is 0 Å². The first-order valence-corrected chi connectivity index (χ1v) is 10.2. The summed E-state index contributed by atoms with van der Waals surface area (Å²) in [7, 11) is -5.34. The first kappa shape index (κ1) is 20.6. The van der Waals surface area contributed by atoms with E-state index in [2.05, 4.69) is 4.98 Å². The quantitative estimate of drug-likeness (QED) is 0.639. The van der Waals surface area contributed by atoms with Gasteiger partial charge in [-0.3, -0.25) is 13.8 Å². The normalized spacial score (nSPS) is 13.8. The number of nitrogens with zero attached hydrogens (tertiary/aromatic N) is 3. The standard InChI is InChI=1S/C17H21F3N4O3S/c1-11-14-15(25)23(13-6-4-5-12(22-11)24(13)14)10-8-16(2,3)7-9-21-28(26,27)17(18,19)20/h4-6,21H,7-10H2,1-3H3. The zero-order chi connectivity index (χ0) is 20.9. The van der Waals surface area contributed by atoms with Crippen LogP contribution in [0, 0.1) is 12.3 Å². The number of alkyl halides is 3. The van der Waals surface area contributed by atoms with E-state index in [0.29, 0.717) is 35.5 Å². The monoisotopic (exact) mass is 418 g/mol. The van der Waals surface area contributed by atoms with Gasteiger partial charge in [0.2, 0.25) is 0 Å². The van der Waals surface area contributed by atoms with E-state index in [1.165, 1.54) is 0 Å². The second-order valence-electron chi connectivity index (χ2n) is 7.59. The third kappa shape index (κ3) is 3.60. The first-order chi connectivity index (χ1) is 12.8. The molecular weight excluding hydrogens is 397 g/mol. The molecule has 0 radical (unpaired) electrons. The minimum Gasteiger partial charge on any atom is -0.292 e. The smallest absolute Gasteiger partial charge is 0.292 e. The first-order valence-electron chi connectivity index (χ1n) is 8.70. The molecule has 0 aliphatic carbocycles. The summed E-state index contributed by atoms with van der Waals surface area (Å²) in [4.78, 5) is 17.1. The lowest BCUT2D eigenvalue weighted by atomic mass is 9.86. The lowest BCUT2D eigenvalue weighted by Crippen LogP contribution is -2.38. The van der Waals surface area contributed by atoms with Crippen LogP contribution < -0.4 is 10.3 Å². The van der Waals surface area contributed by atoms with Gasteiger partial charge in [0.05, 0.1) is 5.69 Å². The molecule has 0 bridgehead atoms. The second kappa shape index (κ2) is 6.73. The van der Waals surface area contributed by atoms with Crippen molar-refractivity contribution < 1.29 is 21.6 Å². The van der Waals surface area contributed by atoms with Crippen LogP contribution in [0.5, 0.6) is 0 Å². The summed E-state index contributed by atoms with van der Waals surface area (Å²) in [6.45, 7) is 5.44. The lowest BCUT2D eigenvalue weighted by Gasteiger charge is -2.25. The Morgan fingerprint density at radius 3 is 2.50 bits per heavy atom. The Morgan fingerprint density at radius 1 is 1.18 bits per heavy atom. The van der Waals surface area contributed by atoms with E-state index in [9.17, 15) is 26.4 Å². The molecule has 0 unspecified atom stereocenters. The number of sulfonamides is 1. The van der Waals surface area contributed by atoms with Crippen LogP contribution in [0.2, 0.25) is 0 Å². The van der Waals surface area contributed by atoms with Crippen molar-refractivity contribution in [1.82, 2.24) is 18.7 Å². The predicted octanol–water partition coefficient (Wildman–Crippen LogP) is 2.64. The molecule has 28 heavy (non-hydrogen) atoms. The molecule has 0 atom stereocenters. The number of imidazole rings is 2.